The Bertz CT molecular complexity index is 916. The second-order valence-electron chi connectivity index (χ2n) is 7.35. The maximum atomic E-state index is 14.4. The summed E-state index contributed by atoms with van der Waals surface area (Å²) in [4.78, 5) is 16.8. The first kappa shape index (κ1) is 22.5. The molecule has 2 aromatic rings. The van der Waals surface area contributed by atoms with E-state index in [0.717, 1.165) is 12.0 Å². The van der Waals surface area contributed by atoms with Crippen molar-refractivity contribution in [3.63, 3.8) is 0 Å². The van der Waals surface area contributed by atoms with Gasteiger partial charge in [-0.3, -0.25) is 0 Å². The molecule has 2 heterocycles. The lowest BCUT2D eigenvalue weighted by Gasteiger charge is -2.30. The largest absolute Gasteiger partial charge is 0.491 e. The van der Waals surface area contributed by atoms with Gasteiger partial charge in [-0.2, -0.15) is 0 Å². The molecular weight excluding hydrogens is 405 g/mol. The standard InChI is InChI=1S/C22H28FN3O5/c1-4-11-30-19-12-14(2)17(13-16(19)23)25-21-20(29-3)18(5-8-24-21)31-15-6-9-26(10-7-15)22(27)28/h5,8,12-13,15H,4,6-7,9-11H2,1-3H3,(H,24,25)(H,27,28). The van der Waals surface area contributed by atoms with Crippen molar-refractivity contribution < 1.29 is 28.5 Å². The molecule has 9 heteroatoms. The highest BCUT2D eigenvalue weighted by Crippen LogP contribution is 2.37. The number of pyridine rings is 1. The third-order valence-corrected chi connectivity index (χ3v) is 5.07. The Kier molecular flexibility index (Phi) is 7.38. The smallest absolute Gasteiger partial charge is 0.407 e. The molecule has 1 aromatic carbocycles. The molecule has 0 spiro atoms. The van der Waals surface area contributed by atoms with E-state index in [-0.39, 0.29) is 11.9 Å². The van der Waals surface area contributed by atoms with E-state index in [1.165, 1.54) is 18.1 Å². The first-order chi connectivity index (χ1) is 14.9. The van der Waals surface area contributed by atoms with E-state index >= 15 is 0 Å². The van der Waals surface area contributed by atoms with Crippen LogP contribution in [0, 0.1) is 12.7 Å². The SMILES string of the molecule is CCCOc1cc(C)c(Nc2nccc(OC3CCN(C(=O)O)CC3)c2OC)cc1F. The summed E-state index contributed by atoms with van der Waals surface area (Å²) in [6.07, 6.45) is 2.50. The lowest BCUT2D eigenvalue weighted by Crippen LogP contribution is -2.41. The average molecular weight is 433 g/mol. The Labute approximate surface area is 180 Å². The number of aryl methyl sites for hydroxylation is 1. The number of halogens is 1. The zero-order valence-corrected chi connectivity index (χ0v) is 18.0. The second kappa shape index (κ2) is 10.2. The van der Waals surface area contributed by atoms with Crippen LogP contribution in [-0.4, -0.2) is 54.0 Å². The number of rotatable bonds is 8. The van der Waals surface area contributed by atoms with Crippen molar-refractivity contribution in [2.75, 3.05) is 32.1 Å². The average Bonchev–Trinajstić information content (AvgIpc) is 2.75. The number of hydrogen-bond acceptors (Lipinski definition) is 6. The Morgan fingerprint density at radius 3 is 2.71 bits per heavy atom. The van der Waals surface area contributed by atoms with Crippen molar-refractivity contribution in [1.29, 1.82) is 0 Å². The van der Waals surface area contributed by atoms with Crippen LogP contribution in [-0.2, 0) is 0 Å². The Morgan fingerprint density at radius 2 is 2.06 bits per heavy atom. The molecule has 1 aliphatic rings. The van der Waals surface area contributed by atoms with Crippen molar-refractivity contribution in [3.05, 3.63) is 35.8 Å². The van der Waals surface area contributed by atoms with Gasteiger partial charge in [0.25, 0.3) is 0 Å². The van der Waals surface area contributed by atoms with Crippen molar-refractivity contribution in [1.82, 2.24) is 9.88 Å². The van der Waals surface area contributed by atoms with Crippen LogP contribution < -0.4 is 19.5 Å². The topological polar surface area (TPSA) is 93.2 Å². The molecule has 0 unspecified atom stereocenters. The van der Waals surface area contributed by atoms with Gasteiger partial charge in [0.2, 0.25) is 5.75 Å². The van der Waals surface area contributed by atoms with E-state index in [9.17, 15) is 9.18 Å². The quantitative estimate of drug-likeness (QED) is 0.629. The van der Waals surface area contributed by atoms with Crippen molar-refractivity contribution >= 4 is 17.6 Å². The van der Waals surface area contributed by atoms with Crippen molar-refractivity contribution in [2.45, 2.75) is 39.2 Å². The fourth-order valence-corrected chi connectivity index (χ4v) is 3.39. The lowest BCUT2D eigenvalue weighted by molar-refractivity contribution is 0.0878. The van der Waals surface area contributed by atoms with Crippen LogP contribution in [0.5, 0.6) is 17.2 Å². The number of nitrogens with one attached hydrogen (secondary N) is 1. The molecule has 1 saturated heterocycles. The zero-order chi connectivity index (χ0) is 22.4. The van der Waals surface area contributed by atoms with E-state index in [2.05, 4.69) is 10.3 Å². The van der Waals surface area contributed by atoms with Crippen LogP contribution in [0.4, 0.5) is 20.7 Å². The molecule has 0 radical (unpaired) electrons. The molecular formula is C22H28FN3O5. The summed E-state index contributed by atoms with van der Waals surface area (Å²) in [6, 6.07) is 4.72. The summed E-state index contributed by atoms with van der Waals surface area (Å²) < 4.78 is 31.5. The fraction of sp³-hybridized carbons (Fsp3) is 0.455. The van der Waals surface area contributed by atoms with Crippen LogP contribution in [0.25, 0.3) is 0 Å². The summed E-state index contributed by atoms with van der Waals surface area (Å²) >= 11 is 0. The zero-order valence-electron chi connectivity index (χ0n) is 18.0. The summed E-state index contributed by atoms with van der Waals surface area (Å²) in [6.45, 7) is 5.10. The molecule has 1 aromatic heterocycles. The van der Waals surface area contributed by atoms with E-state index in [1.54, 1.807) is 18.3 Å². The third kappa shape index (κ3) is 5.48. The number of piperidine rings is 1. The number of carboxylic acid groups (broad SMARTS) is 1. The number of nitrogens with zero attached hydrogens (tertiary/aromatic N) is 2. The van der Waals surface area contributed by atoms with Gasteiger partial charge in [0.15, 0.2) is 23.1 Å². The van der Waals surface area contributed by atoms with Gasteiger partial charge in [0.05, 0.1) is 13.7 Å². The monoisotopic (exact) mass is 433 g/mol. The maximum Gasteiger partial charge on any atom is 0.407 e. The van der Waals surface area contributed by atoms with Gasteiger partial charge < -0.3 is 29.5 Å². The maximum absolute atomic E-state index is 14.4. The Hall–Kier alpha value is -3.23. The summed E-state index contributed by atoms with van der Waals surface area (Å²) in [5, 5.41) is 12.2. The van der Waals surface area contributed by atoms with E-state index < -0.39 is 11.9 Å². The summed E-state index contributed by atoms with van der Waals surface area (Å²) in [5.41, 5.74) is 1.34. The van der Waals surface area contributed by atoms with Gasteiger partial charge in [0, 0.05) is 49.9 Å². The minimum atomic E-state index is -0.917. The summed E-state index contributed by atoms with van der Waals surface area (Å²) in [5.74, 6) is 1.05. The number of likely N-dealkylation sites (tertiary alicyclic amines) is 1. The highest BCUT2D eigenvalue weighted by molar-refractivity contribution is 5.69. The molecule has 0 aliphatic carbocycles. The molecule has 168 valence electrons. The molecule has 3 rings (SSSR count). The molecule has 0 bridgehead atoms. The molecule has 1 aliphatic heterocycles. The number of aromatic nitrogens is 1. The predicted molar refractivity (Wildman–Crippen MR) is 114 cm³/mol. The van der Waals surface area contributed by atoms with Crippen LogP contribution in [0.3, 0.4) is 0 Å². The van der Waals surface area contributed by atoms with E-state index in [4.69, 9.17) is 19.3 Å². The molecule has 0 atom stereocenters. The number of anilines is 2. The molecule has 0 saturated carbocycles. The van der Waals surface area contributed by atoms with Crippen LogP contribution >= 0.6 is 0 Å². The third-order valence-electron chi connectivity index (χ3n) is 5.07. The Morgan fingerprint density at radius 1 is 1.32 bits per heavy atom. The van der Waals surface area contributed by atoms with Gasteiger partial charge >= 0.3 is 6.09 Å². The second-order valence-corrected chi connectivity index (χ2v) is 7.35. The van der Waals surface area contributed by atoms with Crippen LogP contribution in [0.15, 0.2) is 24.4 Å². The lowest BCUT2D eigenvalue weighted by atomic mass is 10.1. The van der Waals surface area contributed by atoms with E-state index in [0.29, 0.717) is 55.5 Å². The van der Waals surface area contributed by atoms with E-state index in [1.807, 2.05) is 13.8 Å². The minimum Gasteiger partial charge on any atom is -0.491 e. The first-order valence-corrected chi connectivity index (χ1v) is 10.3. The van der Waals surface area contributed by atoms with Crippen LogP contribution in [0.2, 0.25) is 0 Å². The molecule has 1 amide bonds. The van der Waals surface area contributed by atoms with Gasteiger partial charge in [-0.25, -0.2) is 14.2 Å². The van der Waals surface area contributed by atoms with Crippen molar-refractivity contribution in [2.24, 2.45) is 0 Å². The molecule has 31 heavy (non-hydrogen) atoms. The number of ether oxygens (including phenoxy) is 3. The van der Waals surface area contributed by atoms with Gasteiger partial charge in [-0.05, 0) is 25.0 Å². The number of methoxy groups -OCH3 is 1. The highest BCUT2D eigenvalue weighted by atomic mass is 19.1. The minimum absolute atomic E-state index is 0.131. The fourth-order valence-electron chi connectivity index (χ4n) is 3.39. The summed E-state index contributed by atoms with van der Waals surface area (Å²) in [7, 11) is 1.51. The number of benzene rings is 1. The number of carbonyl (C=O) groups is 1. The number of hydrogen-bond donors (Lipinski definition) is 2. The Balaban J connectivity index is 1.76. The van der Waals surface area contributed by atoms with Gasteiger partial charge in [-0.1, -0.05) is 6.92 Å². The number of amides is 1. The highest BCUT2D eigenvalue weighted by Gasteiger charge is 2.25. The molecule has 2 N–H and O–H groups in total. The molecule has 1 fully saturated rings. The van der Waals surface area contributed by atoms with Gasteiger partial charge in [-0.15, -0.1) is 0 Å². The van der Waals surface area contributed by atoms with Gasteiger partial charge in [0.1, 0.15) is 6.10 Å². The molecule has 8 nitrogen and oxygen atoms in total. The normalized spacial score (nSPS) is 14.3. The van der Waals surface area contributed by atoms with Crippen LogP contribution in [0.1, 0.15) is 31.7 Å². The predicted octanol–water partition coefficient (Wildman–Crippen LogP) is 4.59. The van der Waals surface area contributed by atoms with Crippen molar-refractivity contribution in [3.8, 4) is 17.2 Å². The first-order valence-electron chi connectivity index (χ1n) is 10.3.